The number of nitrogens with two attached hydrogens (primary N) is 2. The van der Waals surface area contributed by atoms with Gasteiger partial charge in [0, 0.05) is 17.5 Å². The largest absolute Gasteiger partial charge is 0.481 e. The Hall–Kier alpha value is -2.20. The highest BCUT2D eigenvalue weighted by atomic mass is 16.4. The lowest BCUT2D eigenvalue weighted by Gasteiger charge is -2.38. The van der Waals surface area contributed by atoms with Crippen LogP contribution in [0.25, 0.3) is 0 Å². The van der Waals surface area contributed by atoms with Crippen molar-refractivity contribution in [3.8, 4) is 0 Å². The van der Waals surface area contributed by atoms with Gasteiger partial charge in [0.15, 0.2) is 0 Å². The molecule has 10 heteroatoms. The summed E-state index contributed by atoms with van der Waals surface area (Å²) in [4.78, 5) is 43.4. The van der Waals surface area contributed by atoms with Crippen LogP contribution in [0, 0.1) is 5.41 Å². The lowest BCUT2D eigenvalue weighted by Crippen LogP contribution is -2.56. The Morgan fingerprint density at radius 1 is 0.762 bits per heavy atom. The minimum Gasteiger partial charge on any atom is -0.481 e. The predicted octanol–water partition coefficient (Wildman–Crippen LogP) is -1.47. The van der Waals surface area contributed by atoms with Crippen molar-refractivity contribution < 1.29 is 39.6 Å². The van der Waals surface area contributed by atoms with E-state index in [0.717, 1.165) is 0 Å². The molecule has 0 aromatic heterocycles. The molecule has 0 bridgehead atoms. The van der Waals surface area contributed by atoms with E-state index >= 15 is 0 Å². The van der Waals surface area contributed by atoms with Gasteiger partial charge in [-0.1, -0.05) is 0 Å². The molecule has 0 saturated heterocycles. The molecule has 10 nitrogen and oxygen atoms in total. The van der Waals surface area contributed by atoms with Crippen molar-refractivity contribution in [3.05, 3.63) is 0 Å². The predicted molar refractivity (Wildman–Crippen MR) is 67.4 cm³/mol. The van der Waals surface area contributed by atoms with E-state index in [1.54, 1.807) is 0 Å². The smallest absolute Gasteiger partial charge is 0.304 e. The Kier molecular flexibility index (Phi) is 6.76. The summed E-state index contributed by atoms with van der Waals surface area (Å²) >= 11 is 0. The first-order valence-corrected chi connectivity index (χ1v) is 5.88. The third kappa shape index (κ3) is 6.19. The molecule has 21 heavy (non-hydrogen) atoms. The van der Waals surface area contributed by atoms with Crippen molar-refractivity contribution >= 4 is 23.9 Å². The molecule has 120 valence electrons. The van der Waals surface area contributed by atoms with E-state index in [2.05, 4.69) is 0 Å². The average molecular weight is 306 g/mol. The fourth-order valence-electron chi connectivity index (χ4n) is 2.23. The normalized spacial score (nSPS) is 14.2. The number of carboxylic acids is 4. The maximum atomic E-state index is 10.9. The van der Waals surface area contributed by atoms with E-state index in [-0.39, 0.29) is 0 Å². The van der Waals surface area contributed by atoms with E-state index in [4.69, 9.17) is 31.9 Å². The summed E-state index contributed by atoms with van der Waals surface area (Å²) in [6, 6.07) is -2.70. The van der Waals surface area contributed by atoms with E-state index in [0.29, 0.717) is 0 Å². The summed E-state index contributed by atoms with van der Waals surface area (Å²) in [6.07, 6.45) is -3.18. The van der Waals surface area contributed by atoms with Crippen LogP contribution in [0.1, 0.15) is 25.7 Å². The van der Waals surface area contributed by atoms with Crippen LogP contribution in [0.15, 0.2) is 0 Å². The van der Waals surface area contributed by atoms with Gasteiger partial charge in [0.1, 0.15) is 0 Å². The summed E-state index contributed by atoms with van der Waals surface area (Å²) in [5.41, 5.74) is 9.38. The molecule has 0 fully saturated rings. The molecule has 2 unspecified atom stereocenters. The Balaban J connectivity index is 5.57. The highest BCUT2D eigenvalue weighted by molar-refractivity contribution is 5.76. The maximum absolute atomic E-state index is 10.9. The monoisotopic (exact) mass is 306 g/mol. The van der Waals surface area contributed by atoms with E-state index < -0.39 is 67.1 Å². The highest BCUT2D eigenvalue weighted by Crippen LogP contribution is 2.36. The van der Waals surface area contributed by atoms with Crippen LogP contribution in [0.5, 0.6) is 0 Å². The molecule has 8 N–H and O–H groups in total. The quantitative estimate of drug-likeness (QED) is 0.276. The second-order valence-corrected chi connectivity index (χ2v) is 4.86. The minimum atomic E-state index is -1.88. The topological polar surface area (TPSA) is 201 Å². The van der Waals surface area contributed by atoms with Crippen molar-refractivity contribution in [2.75, 3.05) is 0 Å². The zero-order chi connectivity index (χ0) is 16.8. The van der Waals surface area contributed by atoms with Crippen molar-refractivity contribution in [2.24, 2.45) is 16.9 Å². The van der Waals surface area contributed by atoms with Gasteiger partial charge >= 0.3 is 23.9 Å². The molecule has 0 aliphatic carbocycles. The molecule has 0 aromatic rings. The van der Waals surface area contributed by atoms with E-state index in [1.165, 1.54) is 0 Å². The van der Waals surface area contributed by atoms with Gasteiger partial charge in [-0.25, -0.2) is 0 Å². The van der Waals surface area contributed by atoms with Crippen LogP contribution >= 0.6 is 0 Å². The molecule has 0 heterocycles. The van der Waals surface area contributed by atoms with Crippen LogP contribution in [0.2, 0.25) is 0 Å². The molecule has 0 saturated carbocycles. The molecule has 0 radical (unpaired) electrons. The van der Waals surface area contributed by atoms with Crippen LogP contribution in [0.4, 0.5) is 0 Å². The van der Waals surface area contributed by atoms with Crippen molar-refractivity contribution in [1.29, 1.82) is 0 Å². The standard InChI is InChI=1S/C11H18N2O8/c12-5(1-6(14)15)10(13)11(2-7(16)17,3-8(18)19)4-9(20)21/h5,10H,1-4,12-13H2,(H,14,15)(H,16,17)(H,18,19)(H,20,21). The Morgan fingerprint density at radius 2 is 1.10 bits per heavy atom. The Morgan fingerprint density at radius 3 is 1.33 bits per heavy atom. The lowest BCUT2D eigenvalue weighted by atomic mass is 9.69. The molecule has 0 aliphatic heterocycles. The second kappa shape index (κ2) is 7.55. The van der Waals surface area contributed by atoms with Crippen molar-refractivity contribution in [2.45, 2.75) is 37.8 Å². The molecule has 0 rings (SSSR count). The molecule has 0 aliphatic rings. The summed E-state index contributed by atoms with van der Waals surface area (Å²) in [5, 5.41) is 35.3. The van der Waals surface area contributed by atoms with Gasteiger partial charge in [0.2, 0.25) is 0 Å². The minimum absolute atomic E-state index is 0.637. The fourth-order valence-corrected chi connectivity index (χ4v) is 2.23. The first kappa shape index (κ1) is 18.8. The van der Waals surface area contributed by atoms with Crippen LogP contribution in [-0.2, 0) is 19.2 Å². The summed E-state index contributed by atoms with van der Waals surface area (Å²) in [7, 11) is 0. The van der Waals surface area contributed by atoms with Crippen LogP contribution in [-0.4, -0.2) is 56.4 Å². The Labute approximate surface area is 119 Å². The first-order chi connectivity index (χ1) is 9.50. The van der Waals surface area contributed by atoms with Gasteiger partial charge in [-0.05, 0) is 0 Å². The highest BCUT2D eigenvalue weighted by Gasteiger charge is 2.45. The molecule has 0 spiro atoms. The number of rotatable bonds is 10. The van der Waals surface area contributed by atoms with Crippen molar-refractivity contribution in [3.63, 3.8) is 0 Å². The zero-order valence-corrected chi connectivity index (χ0v) is 11.1. The second-order valence-electron chi connectivity index (χ2n) is 4.86. The van der Waals surface area contributed by atoms with E-state index in [9.17, 15) is 19.2 Å². The first-order valence-electron chi connectivity index (χ1n) is 5.88. The van der Waals surface area contributed by atoms with Crippen LogP contribution < -0.4 is 11.5 Å². The van der Waals surface area contributed by atoms with Gasteiger partial charge in [-0.2, -0.15) is 0 Å². The summed E-state index contributed by atoms with van der Waals surface area (Å²) in [5.74, 6) is -5.66. The molecule has 0 aromatic carbocycles. The summed E-state index contributed by atoms with van der Waals surface area (Å²) < 4.78 is 0. The fraction of sp³-hybridized carbons (Fsp3) is 0.636. The van der Waals surface area contributed by atoms with Gasteiger partial charge in [-0.3, -0.25) is 19.2 Å². The van der Waals surface area contributed by atoms with Gasteiger partial charge in [0.05, 0.1) is 25.7 Å². The third-order valence-corrected chi connectivity index (χ3v) is 3.09. The lowest BCUT2D eigenvalue weighted by molar-refractivity contribution is -0.148. The average Bonchev–Trinajstić information content (AvgIpc) is 2.23. The molecule has 0 amide bonds. The third-order valence-electron chi connectivity index (χ3n) is 3.09. The zero-order valence-electron chi connectivity index (χ0n) is 11.1. The molecular formula is C11H18N2O8. The van der Waals surface area contributed by atoms with Gasteiger partial charge in [-0.15, -0.1) is 0 Å². The van der Waals surface area contributed by atoms with Gasteiger partial charge < -0.3 is 31.9 Å². The van der Waals surface area contributed by atoms with E-state index in [1.807, 2.05) is 0 Å². The van der Waals surface area contributed by atoms with Crippen LogP contribution in [0.3, 0.4) is 0 Å². The van der Waals surface area contributed by atoms with Crippen molar-refractivity contribution in [1.82, 2.24) is 0 Å². The Bertz CT molecular complexity index is 395. The summed E-state index contributed by atoms with van der Waals surface area (Å²) in [6.45, 7) is 0. The number of carbonyl (C=O) groups is 4. The number of carboxylic acid groups (broad SMARTS) is 4. The number of hydrogen-bond donors (Lipinski definition) is 6. The molecular weight excluding hydrogens is 288 g/mol. The molecule has 2 atom stereocenters. The number of hydrogen-bond acceptors (Lipinski definition) is 6. The maximum Gasteiger partial charge on any atom is 0.304 e. The SMILES string of the molecule is NC(CC(=O)O)C(N)C(CC(=O)O)(CC(=O)O)CC(=O)O. The number of aliphatic carboxylic acids is 4. The van der Waals surface area contributed by atoms with Gasteiger partial charge in [0.25, 0.3) is 0 Å².